The van der Waals surface area contributed by atoms with Gasteiger partial charge in [0.2, 0.25) is 0 Å². The summed E-state index contributed by atoms with van der Waals surface area (Å²) in [5.41, 5.74) is 10.4. The third-order valence-electron chi connectivity index (χ3n) is 4.21. The summed E-state index contributed by atoms with van der Waals surface area (Å²) in [6.07, 6.45) is 4.18. The molecule has 0 aliphatic carbocycles. The largest absolute Gasteiger partial charge is 0.361 e. The second kappa shape index (κ2) is 7.35. The molecule has 0 aliphatic heterocycles. The molecule has 2 rings (SSSR count). The molecule has 0 radical (unpaired) electrons. The standard InChI is InChI=1S/C23H27N/c1-8-21(19-11-9-17(6)10-12-19)23(16(4)5)18(7)20-13-22(15(2)3)24-14-20/h8-14,24H,2,7H2,1,3-6H3/b21-8-. The predicted molar refractivity (Wildman–Crippen MR) is 108 cm³/mol. The van der Waals surface area contributed by atoms with E-state index in [0.29, 0.717) is 0 Å². The molecule has 0 saturated carbocycles. The SMILES string of the molecule is C=C(C(=C(C)C)/C(=C\C)c1ccc(C)cc1)c1c[nH]c(C(=C)C)c1. The third-order valence-corrected chi connectivity index (χ3v) is 4.21. The maximum atomic E-state index is 4.38. The van der Waals surface area contributed by atoms with Crippen molar-refractivity contribution in [3.05, 3.63) is 89.3 Å². The van der Waals surface area contributed by atoms with Crippen LogP contribution in [0.25, 0.3) is 16.7 Å². The molecule has 1 N–H and O–H groups in total. The number of benzene rings is 1. The highest BCUT2D eigenvalue weighted by Crippen LogP contribution is 2.36. The van der Waals surface area contributed by atoms with Crippen LogP contribution in [0.1, 0.15) is 50.1 Å². The van der Waals surface area contributed by atoms with E-state index in [-0.39, 0.29) is 0 Å². The van der Waals surface area contributed by atoms with E-state index in [1.807, 2.05) is 13.1 Å². The summed E-state index contributed by atoms with van der Waals surface area (Å²) >= 11 is 0. The van der Waals surface area contributed by atoms with Gasteiger partial charge in [-0.15, -0.1) is 0 Å². The van der Waals surface area contributed by atoms with Gasteiger partial charge in [-0.1, -0.05) is 54.6 Å². The lowest BCUT2D eigenvalue weighted by Crippen LogP contribution is -1.96. The highest BCUT2D eigenvalue weighted by Gasteiger charge is 2.15. The van der Waals surface area contributed by atoms with Gasteiger partial charge in [0.15, 0.2) is 0 Å². The van der Waals surface area contributed by atoms with Crippen molar-refractivity contribution in [2.24, 2.45) is 0 Å². The second-order valence-electron chi connectivity index (χ2n) is 6.50. The van der Waals surface area contributed by atoms with Gasteiger partial charge in [0.25, 0.3) is 0 Å². The summed E-state index contributed by atoms with van der Waals surface area (Å²) in [6, 6.07) is 10.8. The van der Waals surface area contributed by atoms with Crippen molar-refractivity contribution in [3.63, 3.8) is 0 Å². The molecular weight excluding hydrogens is 290 g/mol. The van der Waals surface area contributed by atoms with Crippen molar-refractivity contribution in [1.82, 2.24) is 4.98 Å². The molecule has 0 spiro atoms. The van der Waals surface area contributed by atoms with Crippen LogP contribution in [-0.2, 0) is 0 Å². The molecule has 1 nitrogen and oxygen atoms in total. The molecule has 0 aliphatic rings. The minimum atomic E-state index is 1.03. The van der Waals surface area contributed by atoms with E-state index in [2.05, 4.69) is 82.2 Å². The molecule has 0 bridgehead atoms. The zero-order chi connectivity index (χ0) is 17.9. The van der Waals surface area contributed by atoms with E-state index < -0.39 is 0 Å². The highest BCUT2D eigenvalue weighted by atomic mass is 14.7. The minimum absolute atomic E-state index is 1.03. The number of allylic oxidation sites excluding steroid dienone is 6. The van der Waals surface area contributed by atoms with E-state index >= 15 is 0 Å². The van der Waals surface area contributed by atoms with E-state index in [4.69, 9.17) is 0 Å². The summed E-state index contributed by atoms with van der Waals surface area (Å²) in [5.74, 6) is 0. The normalized spacial score (nSPS) is 11.3. The summed E-state index contributed by atoms with van der Waals surface area (Å²) in [4.78, 5) is 3.28. The Morgan fingerprint density at radius 2 is 1.62 bits per heavy atom. The first-order valence-corrected chi connectivity index (χ1v) is 8.30. The smallest absolute Gasteiger partial charge is 0.0410 e. The lowest BCUT2D eigenvalue weighted by atomic mass is 9.87. The summed E-state index contributed by atoms with van der Waals surface area (Å²) in [5, 5.41) is 0. The Kier molecular flexibility index (Phi) is 5.46. The van der Waals surface area contributed by atoms with E-state index in [1.54, 1.807) is 0 Å². The van der Waals surface area contributed by atoms with Crippen LogP contribution in [0.15, 0.2) is 66.9 Å². The predicted octanol–water partition coefficient (Wildman–Crippen LogP) is 6.81. The molecular formula is C23H27N. The van der Waals surface area contributed by atoms with Crippen LogP contribution >= 0.6 is 0 Å². The van der Waals surface area contributed by atoms with E-state index in [0.717, 1.165) is 22.4 Å². The van der Waals surface area contributed by atoms with Crippen LogP contribution in [0.3, 0.4) is 0 Å². The number of aryl methyl sites for hydroxylation is 1. The van der Waals surface area contributed by atoms with Gasteiger partial charge in [0, 0.05) is 11.9 Å². The number of aromatic amines is 1. The van der Waals surface area contributed by atoms with Crippen LogP contribution in [0, 0.1) is 6.92 Å². The second-order valence-corrected chi connectivity index (χ2v) is 6.50. The number of hydrogen-bond acceptors (Lipinski definition) is 0. The first-order chi connectivity index (χ1) is 11.3. The molecule has 1 heteroatoms. The Hall–Kier alpha value is -2.54. The van der Waals surface area contributed by atoms with Crippen LogP contribution in [-0.4, -0.2) is 4.98 Å². The van der Waals surface area contributed by atoms with Gasteiger partial charge in [-0.2, -0.15) is 0 Å². The average Bonchev–Trinajstić information content (AvgIpc) is 3.03. The molecule has 24 heavy (non-hydrogen) atoms. The van der Waals surface area contributed by atoms with Crippen molar-refractivity contribution in [2.45, 2.75) is 34.6 Å². The average molecular weight is 317 g/mol. The zero-order valence-electron chi connectivity index (χ0n) is 15.5. The monoisotopic (exact) mass is 317 g/mol. The van der Waals surface area contributed by atoms with Crippen LogP contribution < -0.4 is 0 Å². The van der Waals surface area contributed by atoms with Crippen LogP contribution in [0.5, 0.6) is 0 Å². The fraction of sp³-hybridized carbons (Fsp3) is 0.217. The molecule has 0 saturated heterocycles. The minimum Gasteiger partial charge on any atom is -0.361 e. The van der Waals surface area contributed by atoms with Crippen molar-refractivity contribution in [3.8, 4) is 0 Å². The lowest BCUT2D eigenvalue weighted by Gasteiger charge is -2.17. The molecule has 124 valence electrons. The van der Waals surface area contributed by atoms with Crippen molar-refractivity contribution in [2.75, 3.05) is 0 Å². The highest BCUT2D eigenvalue weighted by molar-refractivity contribution is 5.98. The maximum Gasteiger partial charge on any atom is 0.0410 e. The Balaban J connectivity index is 2.48. The Labute approximate surface area is 146 Å². The summed E-state index contributed by atoms with van der Waals surface area (Å²) < 4.78 is 0. The van der Waals surface area contributed by atoms with Crippen molar-refractivity contribution < 1.29 is 0 Å². The molecule has 1 aromatic heterocycles. The van der Waals surface area contributed by atoms with E-state index in [9.17, 15) is 0 Å². The van der Waals surface area contributed by atoms with Crippen molar-refractivity contribution >= 4 is 16.7 Å². The number of hydrogen-bond donors (Lipinski definition) is 1. The zero-order valence-corrected chi connectivity index (χ0v) is 15.5. The van der Waals surface area contributed by atoms with Gasteiger partial charge in [0.05, 0.1) is 0 Å². The van der Waals surface area contributed by atoms with Gasteiger partial charge in [-0.3, -0.25) is 0 Å². The van der Waals surface area contributed by atoms with Crippen LogP contribution in [0.4, 0.5) is 0 Å². The number of rotatable bonds is 5. The molecule has 1 aromatic carbocycles. The molecule has 2 aromatic rings. The van der Waals surface area contributed by atoms with E-state index in [1.165, 1.54) is 27.8 Å². The summed E-state index contributed by atoms with van der Waals surface area (Å²) in [6.45, 7) is 18.9. The number of aromatic nitrogens is 1. The Bertz CT molecular complexity index is 819. The fourth-order valence-corrected chi connectivity index (χ4v) is 2.88. The van der Waals surface area contributed by atoms with Gasteiger partial charge >= 0.3 is 0 Å². The quantitative estimate of drug-likeness (QED) is 0.583. The number of H-pyrrole nitrogens is 1. The third kappa shape index (κ3) is 3.68. The topological polar surface area (TPSA) is 15.8 Å². The van der Waals surface area contributed by atoms with Gasteiger partial charge in [0.1, 0.15) is 0 Å². The molecule has 0 unspecified atom stereocenters. The number of nitrogens with one attached hydrogen (secondary N) is 1. The Morgan fingerprint density at radius 3 is 2.08 bits per heavy atom. The maximum absolute atomic E-state index is 4.38. The first kappa shape index (κ1) is 17.8. The summed E-state index contributed by atoms with van der Waals surface area (Å²) in [7, 11) is 0. The Morgan fingerprint density at radius 1 is 1.00 bits per heavy atom. The van der Waals surface area contributed by atoms with Crippen molar-refractivity contribution in [1.29, 1.82) is 0 Å². The molecule has 0 fully saturated rings. The van der Waals surface area contributed by atoms with Gasteiger partial charge in [-0.05, 0) is 74.1 Å². The lowest BCUT2D eigenvalue weighted by molar-refractivity contribution is 1.33. The fourth-order valence-electron chi connectivity index (χ4n) is 2.88. The molecule has 0 amide bonds. The first-order valence-electron chi connectivity index (χ1n) is 8.30. The van der Waals surface area contributed by atoms with Gasteiger partial charge in [-0.25, -0.2) is 0 Å². The van der Waals surface area contributed by atoms with Crippen LogP contribution in [0.2, 0.25) is 0 Å². The molecule has 1 heterocycles. The molecule has 0 atom stereocenters. The van der Waals surface area contributed by atoms with Gasteiger partial charge < -0.3 is 4.98 Å².